The normalized spacial score (nSPS) is 17.4. The highest BCUT2D eigenvalue weighted by molar-refractivity contribution is 8.01. The molecule has 4 rings (SSSR count). The molecule has 1 aliphatic heterocycles. The van der Waals surface area contributed by atoms with Gasteiger partial charge in [0.05, 0.1) is 12.9 Å². The maximum absolute atomic E-state index is 13.1. The number of hydrogen-bond donors (Lipinski definition) is 3. The molecule has 0 bridgehead atoms. The van der Waals surface area contributed by atoms with Crippen molar-refractivity contribution in [1.82, 2.24) is 25.9 Å². The fourth-order valence-corrected chi connectivity index (χ4v) is 5.00. The van der Waals surface area contributed by atoms with Crippen LogP contribution in [0.15, 0.2) is 58.9 Å². The number of hydrazine groups is 1. The van der Waals surface area contributed by atoms with Gasteiger partial charge in [-0.05, 0) is 36.2 Å². The number of ether oxygens (including phenoxy) is 1. The van der Waals surface area contributed by atoms with E-state index in [2.05, 4.69) is 26.3 Å². The zero-order valence-corrected chi connectivity index (χ0v) is 20.0. The van der Waals surface area contributed by atoms with Crippen LogP contribution in [0.5, 0.6) is 5.75 Å². The Kier molecular flexibility index (Phi) is 6.98. The average Bonchev–Trinajstić information content (AvgIpc) is 3.41. The summed E-state index contributed by atoms with van der Waals surface area (Å²) in [6.45, 7) is 1.80. The van der Waals surface area contributed by atoms with Crippen LogP contribution in [0, 0.1) is 0 Å². The molecule has 4 amide bonds. The number of amides is 4. The smallest absolute Gasteiger partial charge is 0.344 e. The van der Waals surface area contributed by atoms with E-state index in [1.165, 1.54) is 11.3 Å². The minimum absolute atomic E-state index is 0.0430. The van der Waals surface area contributed by atoms with E-state index < -0.39 is 23.4 Å². The van der Waals surface area contributed by atoms with Crippen molar-refractivity contribution >= 4 is 51.8 Å². The zero-order chi connectivity index (χ0) is 24.1. The van der Waals surface area contributed by atoms with Crippen LogP contribution in [-0.2, 0) is 15.1 Å². The van der Waals surface area contributed by atoms with E-state index in [0.717, 1.165) is 28.2 Å². The van der Waals surface area contributed by atoms with E-state index in [4.69, 9.17) is 4.74 Å². The van der Waals surface area contributed by atoms with E-state index >= 15 is 0 Å². The molecule has 2 heterocycles. The van der Waals surface area contributed by atoms with Crippen molar-refractivity contribution in [1.29, 1.82) is 0 Å². The lowest BCUT2D eigenvalue weighted by Crippen LogP contribution is -2.49. The molecule has 0 aliphatic carbocycles. The maximum Gasteiger partial charge on any atom is 0.344 e. The molecule has 1 unspecified atom stereocenters. The Labute approximate surface area is 204 Å². The molecule has 10 nitrogen and oxygen atoms in total. The molecule has 3 N–H and O–H groups in total. The Balaban J connectivity index is 1.33. The lowest BCUT2D eigenvalue weighted by Gasteiger charge is -2.25. The van der Waals surface area contributed by atoms with Crippen LogP contribution in [0.2, 0.25) is 0 Å². The summed E-state index contributed by atoms with van der Waals surface area (Å²) in [5.74, 6) is -0.325. The van der Waals surface area contributed by atoms with E-state index in [1.54, 1.807) is 38.3 Å². The van der Waals surface area contributed by atoms with Crippen LogP contribution in [0.25, 0.3) is 0 Å². The van der Waals surface area contributed by atoms with Gasteiger partial charge in [0, 0.05) is 5.69 Å². The minimum atomic E-state index is -1.21. The van der Waals surface area contributed by atoms with E-state index in [1.807, 2.05) is 30.3 Å². The van der Waals surface area contributed by atoms with Crippen molar-refractivity contribution in [3.63, 3.8) is 0 Å². The Morgan fingerprint density at radius 1 is 1.15 bits per heavy atom. The van der Waals surface area contributed by atoms with Gasteiger partial charge in [-0.1, -0.05) is 60.4 Å². The first kappa shape index (κ1) is 23.5. The summed E-state index contributed by atoms with van der Waals surface area (Å²) in [5, 5.41) is 15.3. The van der Waals surface area contributed by atoms with E-state index in [9.17, 15) is 14.4 Å². The van der Waals surface area contributed by atoms with Gasteiger partial charge in [-0.25, -0.2) is 4.79 Å². The number of nitrogens with zero attached hydrogens (tertiary/aromatic N) is 3. The summed E-state index contributed by atoms with van der Waals surface area (Å²) in [7, 11) is 1.60. The van der Waals surface area contributed by atoms with E-state index in [-0.39, 0.29) is 5.75 Å². The van der Waals surface area contributed by atoms with Gasteiger partial charge in [-0.2, -0.15) is 5.01 Å². The Hall–Kier alpha value is -3.64. The molecule has 3 aromatic rings. The molecular formula is C22H22N6O4S2. The second-order valence-electron chi connectivity index (χ2n) is 7.25. The van der Waals surface area contributed by atoms with Crippen molar-refractivity contribution in [2.45, 2.75) is 23.2 Å². The van der Waals surface area contributed by atoms with Gasteiger partial charge in [-0.15, -0.1) is 10.2 Å². The maximum atomic E-state index is 13.1. The molecule has 1 fully saturated rings. The third-order valence-corrected chi connectivity index (χ3v) is 7.17. The molecule has 0 saturated carbocycles. The van der Waals surface area contributed by atoms with Gasteiger partial charge in [-0.3, -0.25) is 15.0 Å². The van der Waals surface area contributed by atoms with Gasteiger partial charge in [0.2, 0.25) is 11.0 Å². The van der Waals surface area contributed by atoms with Crippen molar-refractivity contribution in [2.75, 3.05) is 18.2 Å². The van der Waals surface area contributed by atoms with Crippen LogP contribution < -0.4 is 20.8 Å². The number of carbonyl (C=O) groups excluding carboxylic acids is 3. The number of urea groups is 1. The molecular weight excluding hydrogens is 476 g/mol. The van der Waals surface area contributed by atoms with Crippen molar-refractivity contribution in [3.05, 3.63) is 60.2 Å². The number of benzene rings is 2. The van der Waals surface area contributed by atoms with Crippen LogP contribution in [0.3, 0.4) is 0 Å². The highest BCUT2D eigenvalue weighted by Crippen LogP contribution is 2.32. The number of hydrogen-bond acceptors (Lipinski definition) is 9. The van der Waals surface area contributed by atoms with Crippen LogP contribution >= 0.6 is 23.1 Å². The minimum Gasteiger partial charge on any atom is -0.497 e. The van der Waals surface area contributed by atoms with Crippen LogP contribution in [0.1, 0.15) is 18.9 Å². The lowest BCUT2D eigenvalue weighted by molar-refractivity contribution is -0.138. The molecule has 176 valence electrons. The summed E-state index contributed by atoms with van der Waals surface area (Å²) in [6.07, 6.45) is 0.345. The Morgan fingerprint density at radius 2 is 1.88 bits per heavy atom. The number of imide groups is 1. The average molecular weight is 499 g/mol. The Bertz CT molecular complexity index is 1190. The number of thioether (sulfide) groups is 1. The van der Waals surface area contributed by atoms with Crippen molar-refractivity contribution < 1.29 is 19.1 Å². The van der Waals surface area contributed by atoms with Gasteiger partial charge in [0.25, 0.3) is 5.91 Å². The molecule has 0 radical (unpaired) electrons. The number of aromatic nitrogens is 2. The quantitative estimate of drug-likeness (QED) is 0.303. The summed E-state index contributed by atoms with van der Waals surface area (Å²) in [6, 6.07) is 15.6. The Morgan fingerprint density at radius 3 is 2.56 bits per heavy atom. The molecule has 1 saturated heterocycles. The monoisotopic (exact) mass is 498 g/mol. The number of carbonyl (C=O) groups is 3. The number of anilines is 2. The first-order chi connectivity index (χ1) is 16.4. The third kappa shape index (κ3) is 4.82. The van der Waals surface area contributed by atoms with Gasteiger partial charge < -0.3 is 15.4 Å². The summed E-state index contributed by atoms with van der Waals surface area (Å²) in [5.41, 5.74) is 2.68. The van der Waals surface area contributed by atoms with Gasteiger partial charge in [0.1, 0.15) is 11.3 Å². The lowest BCUT2D eigenvalue weighted by atomic mass is 9.87. The van der Waals surface area contributed by atoms with Gasteiger partial charge >= 0.3 is 6.03 Å². The van der Waals surface area contributed by atoms with E-state index in [0.29, 0.717) is 21.5 Å². The zero-order valence-electron chi connectivity index (χ0n) is 18.4. The molecule has 12 heteroatoms. The fourth-order valence-electron chi connectivity index (χ4n) is 3.44. The molecule has 2 aromatic carbocycles. The molecule has 1 aromatic heterocycles. The second kappa shape index (κ2) is 10.1. The second-order valence-corrected chi connectivity index (χ2v) is 9.45. The fraction of sp³-hybridized carbons (Fsp3) is 0.227. The highest BCUT2D eigenvalue weighted by atomic mass is 32.2. The van der Waals surface area contributed by atoms with Crippen molar-refractivity contribution in [3.8, 4) is 5.75 Å². The van der Waals surface area contributed by atoms with Gasteiger partial charge in [0.15, 0.2) is 4.34 Å². The molecule has 34 heavy (non-hydrogen) atoms. The molecule has 0 spiro atoms. The molecule has 1 aliphatic rings. The predicted octanol–water partition coefficient (Wildman–Crippen LogP) is 3.27. The SMILES string of the molecule is CCC1(c2ccccc2)NC(=O)N(NC(=O)CSc2nnc(Nc3ccc(OC)cc3)s2)C1=O. The summed E-state index contributed by atoms with van der Waals surface area (Å²) < 4.78 is 5.70. The predicted molar refractivity (Wildman–Crippen MR) is 129 cm³/mol. The third-order valence-electron chi connectivity index (χ3n) is 5.20. The number of nitrogens with one attached hydrogen (secondary N) is 3. The van der Waals surface area contributed by atoms with Crippen LogP contribution in [0.4, 0.5) is 15.6 Å². The molecule has 1 atom stereocenters. The van der Waals surface area contributed by atoms with Crippen LogP contribution in [-0.4, -0.2) is 45.9 Å². The standard InChI is InChI=1S/C22H22N6O4S2/c1-3-22(14-7-5-4-6-8-14)18(30)28(20(31)24-22)27-17(29)13-33-21-26-25-19(34-21)23-15-9-11-16(32-2)12-10-15/h4-12H,3,13H2,1-2H3,(H,23,25)(H,24,31)(H,27,29). The first-order valence-electron chi connectivity index (χ1n) is 10.3. The number of methoxy groups -OCH3 is 1. The topological polar surface area (TPSA) is 126 Å². The first-order valence-corrected chi connectivity index (χ1v) is 12.1. The number of rotatable bonds is 9. The summed E-state index contributed by atoms with van der Waals surface area (Å²) in [4.78, 5) is 38.1. The van der Waals surface area contributed by atoms with Crippen molar-refractivity contribution in [2.24, 2.45) is 0 Å². The largest absolute Gasteiger partial charge is 0.497 e. The summed E-state index contributed by atoms with van der Waals surface area (Å²) >= 11 is 2.44. The highest BCUT2D eigenvalue weighted by Gasteiger charge is 2.52.